The standard InChI is InChI=1S/C12H12F3NO3/c1-18-11-4-10(3-2-8(11)6-16)19-7-9(17)5-12(13,14)15/h2-4,9,17H,5,7H2,1H3. The molecular weight excluding hydrogens is 263 g/mol. The molecule has 4 nitrogen and oxygen atoms in total. The fourth-order valence-electron chi connectivity index (χ4n) is 1.37. The third-order valence-corrected chi connectivity index (χ3v) is 2.20. The monoisotopic (exact) mass is 275 g/mol. The van der Waals surface area contributed by atoms with E-state index in [0.29, 0.717) is 0 Å². The lowest BCUT2D eigenvalue weighted by Gasteiger charge is -2.14. The van der Waals surface area contributed by atoms with Crippen LogP contribution in [0, 0.1) is 11.3 Å². The molecule has 0 aliphatic heterocycles. The molecule has 1 rings (SSSR count). The summed E-state index contributed by atoms with van der Waals surface area (Å²) in [6.07, 6.45) is -7.41. The number of ether oxygens (including phenoxy) is 2. The predicted octanol–water partition coefficient (Wildman–Crippen LogP) is 2.26. The maximum Gasteiger partial charge on any atom is 0.391 e. The molecule has 0 fully saturated rings. The number of nitriles is 1. The number of hydrogen-bond acceptors (Lipinski definition) is 4. The fourth-order valence-corrected chi connectivity index (χ4v) is 1.37. The molecule has 1 aromatic rings. The first-order valence-corrected chi connectivity index (χ1v) is 5.31. The molecule has 0 bridgehead atoms. The molecule has 0 heterocycles. The van der Waals surface area contributed by atoms with Crippen LogP contribution < -0.4 is 9.47 Å². The highest BCUT2D eigenvalue weighted by Gasteiger charge is 2.31. The summed E-state index contributed by atoms with van der Waals surface area (Å²) in [5.41, 5.74) is 0.283. The van der Waals surface area contributed by atoms with E-state index in [1.807, 2.05) is 6.07 Å². The minimum atomic E-state index is -4.44. The molecular formula is C12H12F3NO3. The van der Waals surface area contributed by atoms with Gasteiger partial charge in [0.1, 0.15) is 24.2 Å². The van der Waals surface area contributed by atoms with Crippen molar-refractivity contribution in [1.82, 2.24) is 0 Å². The third kappa shape index (κ3) is 5.06. The maximum absolute atomic E-state index is 12.0. The van der Waals surface area contributed by atoms with Crippen molar-refractivity contribution in [2.75, 3.05) is 13.7 Å². The Hall–Kier alpha value is -1.94. The van der Waals surface area contributed by atoms with Gasteiger partial charge in [0.15, 0.2) is 0 Å². The van der Waals surface area contributed by atoms with Crippen molar-refractivity contribution in [2.45, 2.75) is 18.7 Å². The molecule has 0 spiro atoms. The van der Waals surface area contributed by atoms with E-state index in [1.54, 1.807) is 0 Å². The maximum atomic E-state index is 12.0. The normalized spacial score (nSPS) is 12.6. The molecule has 104 valence electrons. The van der Waals surface area contributed by atoms with Crippen molar-refractivity contribution in [3.8, 4) is 17.6 Å². The molecule has 1 unspecified atom stereocenters. The number of nitrogens with zero attached hydrogens (tertiary/aromatic N) is 1. The molecule has 0 radical (unpaired) electrons. The summed E-state index contributed by atoms with van der Waals surface area (Å²) in [6.45, 7) is -0.492. The Morgan fingerprint density at radius 1 is 1.42 bits per heavy atom. The number of aliphatic hydroxyl groups excluding tert-OH is 1. The second-order valence-electron chi connectivity index (χ2n) is 3.76. The van der Waals surface area contributed by atoms with Gasteiger partial charge < -0.3 is 14.6 Å². The van der Waals surface area contributed by atoms with Gasteiger partial charge >= 0.3 is 6.18 Å². The van der Waals surface area contributed by atoms with Gasteiger partial charge in [-0.25, -0.2) is 0 Å². The first-order valence-electron chi connectivity index (χ1n) is 5.31. The summed E-state index contributed by atoms with van der Waals surface area (Å²) in [6, 6.07) is 6.10. The van der Waals surface area contributed by atoms with Crippen molar-refractivity contribution in [1.29, 1.82) is 5.26 Å². The van der Waals surface area contributed by atoms with Gasteiger partial charge in [0, 0.05) is 6.07 Å². The second-order valence-corrected chi connectivity index (χ2v) is 3.76. The Labute approximate surface area is 108 Å². The smallest absolute Gasteiger partial charge is 0.391 e. The number of aliphatic hydroxyl groups is 1. The first-order chi connectivity index (χ1) is 8.85. The van der Waals surface area contributed by atoms with Gasteiger partial charge in [0.2, 0.25) is 0 Å². The van der Waals surface area contributed by atoms with Crippen molar-refractivity contribution < 1.29 is 27.8 Å². The number of benzene rings is 1. The summed E-state index contributed by atoms with van der Waals surface area (Å²) in [4.78, 5) is 0. The van der Waals surface area contributed by atoms with Crippen LogP contribution in [0.4, 0.5) is 13.2 Å². The van der Waals surface area contributed by atoms with E-state index >= 15 is 0 Å². The van der Waals surface area contributed by atoms with Gasteiger partial charge in [-0.3, -0.25) is 0 Å². The van der Waals surface area contributed by atoms with E-state index < -0.39 is 25.3 Å². The molecule has 0 amide bonds. The van der Waals surface area contributed by atoms with Crippen LogP contribution in [-0.2, 0) is 0 Å². The average molecular weight is 275 g/mol. The van der Waals surface area contributed by atoms with E-state index in [0.717, 1.165) is 0 Å². The van der Waals surface area contributed by atoms with Crippen LogP contribution >= 0.6 is 0 Å². The molecule has 0 saturated heterocycles. The minimum absolute atomic E-state index is 0.220. The number of hydrogen-bond donors (Lipinski definition) is 1. The summed E-state index contributed by atoms with van der Waals surface area (Å²) in [5, 5.41) is 17.9. The third-order valence-electron chi connectivity index (χ3n) is 2.20. The van der Waals surface area contributed by atoms with E-state index in [-0.39, 0.29) is 17.1 Å². The highest BCUT2D eigenvalue weighted by Crippen LogP contribution is 2.25. The molecule has 0 aliphatic carbocycles. The van der Waals surface area contributed by atoms with Gasteiger partial charge in [-0.05, 0) is 12.1 Å². The summed E-state index contributed by atoms with van der Waals surface area (Å²) >= 11 is 0. The Morgan fingerprint density at radius 2 is 2.11 bits per heavy atom. The summed E-state index contributed by atoms with van der Waals surface area (Å²) in [5.74, 6) is 0.474. The highest BCUT2D eigenvalue weighted by atomic mass is 19.4. The number of methoxy groups -OCH3 is 1. The van der Waals surface area contributed by atoms with Crippen LogP contribution in [0.3, 0.4) is 0 Å². The zero-order chi connectivity index (χ0) is 14.5. The van der Waals surface area contributed by atoms with Crippen molar-refractivity contribution >= 4 is 0 Å². The number of halogens is 3. The molecule has 1 aromatic carbocycles. The molecule has 19 heavy (non-hydrogen) atoms. The Bertz CT molecular complexity index is 468. The molecule has 0 saturated carbocycles. The largest absolute Gasteiger partial charge is 0.495 e. The number of alkyl halides is 3. The van der Waals surface area contributed by atoms with Gasteiger partial charge in [-0.1, -0.05) is 0 Å². The van der Waals surface area contributed by atoms with Crippen LogP contribution in [0.25, 0.3) is 0 Å². The Balaban J connectivity index is 2.61. The minimum Gasteiger partial charge on any atom is -0.495 e. The number of rotatable bonds is 5. The lowest BCUT2D eigenvalue weighted by molar-refractivity contribution is -0.156. The van der Waals surface area contributed by atoms with E-state index in [4.69, 9.17) is 19.8 Å². The fraction of sp³-hybridized carbons (Fsp3) is 0.417. The molecule has 7 heteroatoms. The van der Waals surface area contributed by atoms with Gasteiger partial charge in [-0.15, -0.1) is 0 Å². The summed E-state index contributed by atoms with van der Waals surface area (Å²) < 4.78 is 45.9. The zero-order valence-electron chi connectivity index (χ0n) is 10.1. The quantitative estimate of drug-likeness (QED) is 0.895. The van der Waals surface area contributed by atoms with Crippen LogP contribution in [0.2, 0.25) is 0 Å². The van der Waals surface area contributed by atoms with Crippen molar-refractivity contribution in [2.24, 2.45) is 0 Å². The lowest BCUT2D eigenvalue weighted by atomic mass is 10.2. The molecule has 1 atom stereocenters. The molecule has 1 N–H and O–H groups in total. The van der Waals surface area contributed by atoms with Crippen LogP contribution in [0.1, 0.15) is 12.0 Å². The molecule has 0 aliphatic rings. The van der Waals surface area contributed by atoms with Gasteiger partial charge in [-0.2, -0.15) is 18.4 Å². The Morgan fingerprint density at radius 3 is 2.63 bits per heavy atom. The van der Waals surface area contributed by atoms with Crippen LogP contribution in [0.15, 0.2) is 18.2 Å². The first kappa shape index (κ1) is 15.1. The van der Waals surface area contributed by atoms with Gasteiger partial charge in [0.05, 0.1) is 25.2 Å². The van der Waals surface area contributed by atoms with E-state index in [1.165, 1.54) is 25.3 Å². The average Bonchev–Trinajstić information content (AvgIpc) is 2.33. The van der Waals surface area contributed by atoms with Gasteiger partial charge in [0.25, 0.3) is 0 Å². The topological polar surface area (TPSA) is 62.5 Å². The second kappa shape index (κ2) is 6.29. The van der Waals surface area contributed by atoms with Crippen LogP contribution in [0.5, 0.6) is 11.5 Å². The SMILES string of the molecule is COc1cc(OCC(O)CC(F)(F)F)ccc1C#N. The summed E-state index contributed by atoms with van der Waals surface area (Å²) in [7, 11) is 1.36. The van der Waals surface area contributed by atoms with E-state index in [2.05, 4.69) is 0 Å². The highest BCUT2D eigenvalue weighted by molar-refractivity contribution is 5.47. The van der Waals surface area contributed by atoms with E-state index in [9.17, 15) is 13.2 Å². The Kier molecular flexibility index (Phi) is 5.01. The molecule has 0 aromatic heterocycles. The van der Waals surface area contributed by atoms with Crippen molar-refractivity contribution in [3.63, 3.8) is 0 Å². The zero-order valence-corrected chi connectivity index (χ0v) is 10.1. The predicted molar refractivity (Wildman–Crippen MR) is 59.9 cm³/mol. The van der Waals surface area contributed by atoms with Crippen LogP contribution in [-0.4, -0.2) is 31.1 Å². The lowest BCUT2D eigenvalue weighted by Crippen LogP contribution is -2.25. The van der Waals surface area contributed by atoms with Crippen molar-refractivity contribution in [3.05, 3.63) is 23.8 Å².